The zero-order valence-electron chi connectivity index (χ0n) is 11.8. The van der Waals surface area contributed by atoms with E-state index in [0.29, 0.717) is 11.4 Å². The third-order valence-electron chi connectivity index (χ3n) is 3.72. The molecular weight excluding hydrogens is 309 g/mol. The van der Waals surface area contributed by atoms with Gasteiger partial charge in [-0.1, -0.05) is 0 Å². The highest BCUT2D eigenvalue weighted by Gasteiger charge is 2.31. The minimum atomic E-state index is -1.08. The second kappa shape index (κ2) is 5.66. The Hall–Kier alpha value is -1.99. The van der Waals surface area contributed by atoms with Gasteiger partial charge in [0.25, 0.3) is 5.91 Å². The van der Waals surface area contributed by atoms with Crippen molar-refractivity contribution < 1.29 is 23.8 Å². The van der Waals surface area contributed by atoms with Gasteiger partial charge in [-0.3, -0.25) is 4.79 Å². The van der Waals surface area contributed by atoms with Crippen LogP contribution in [0.2, 0.25) is 0 Å². The van der Waals surface area contributed by atoms with E-state index in [1.165, 1.54) is 28.4 Å². The van der Waals surface area contributed by atoms with E-state index in [0.717, 1.165) is 15.6 Å². The summed E-state index contributed by atoms with van der Waals surface area (Å²) < 4.78 is 19.3. The molecule has 7 heteroatoms. The summed E-state index contributed by atoms with van der Waals surface area (Å²) in [6, 6.07) is 4.43. The van der Waals surface area contributed by atoms with Gasteiger partial charge in [0.2, 0.25) is 0 Å². The fourth-order valence-electron chi connectivity index (χ4n) is 2.52. The zero-order valence-corrected chi connectivity index (χ0v) is 12.7. The summed E-state index contributed by atoms with van der Waals surface area (Å²) in [6.07, 6.45) is -0.996. The molecule has 0 aliphatic carbocycles. The number of ether oxygens (including phenoxy) is 1. The summed E-state index contributed by atoms with van der Waals surface area (Å²) in [7, 11) is 0. The molecule has 0 bridgehead atoms. The molecule has 0 spiro atoms. The van der Waals surface area contributed by atoms with Gasteiger partial charge in [0.1, 0.15) is 5.82 Å². The maximum Gasteiger partial charge on any atom is 0.334 e. The highest BCUT2D eigenvalue weighted by molar-refractivity contribution is 7.21. The van der Waals surface area contributed by atoms with E-state index >= 15 is 0 Å². The predicted molar refractivity (Wildman–Crippen MR) is 79.8 cm³/mol. The molecule has 5 nitrogen and oxygen atoms in total. The van der Waals surface area contributed by atoms with Crippen LogP contribution in [0.15, 0.2) is 18.2 Å². The molecule has 1 saturated heterocycles. The Bertz CT molecular complexity index is 757. The van der Waals surface area contributed by atoms with E-state index in [-0.39, 0.29) is 24.9 Å². The van der Waals surface area contributed by atoms with Crippen molar-refractivity contribution >= 4 is 33.3 Å². The Morgan fingerprint density at radius 2 is 2.23 bits per heavy atom. The molecule has 1 aliphatic rings. The number of hydrogen-bond acceptors (Lipinski definition) is 4. The molecule has 0 saturated carbocycles. The largest absolute Gasteiger partial charge is 0.479 e. The summed E-state index contributed by atoms with van der Waals surface area (Å²) >= 11 is 1.30. The number of nitrogens with zero attached hydrogens (tertiary/aromatic N) is 1. The normalized spacial score (nSPS) is 18.6. The smallest absolute Gasteiger partial charge is 0.334 e. The second-order valence-electron chi connectivity index (χ2n) is 5.15. The summed E-state index contributed by atoms with van der Waals surface area (Å²) in [4.78, 5) is 25.6. The fourth-order valence-corrected chi connectivity index (χ4v) is 3.68. The highest BCUT2D eigenvalue weighted by atomic mass is 32.1. The summed E-state index contributed by atoms with van der Waals surface area (Å²) in [5, 5.41) is 9.72. The second-order valence-corrected chi connectivity index (χ2v) is 6.20. The SMILES string of the molecule is Cc1c(C(=O)N2CCO[C@@H](C(=O)O)C2)sc2ccc(F)cc12. The van der Waals surface area contributed by atoms with Gasteiger partial charge in [-0.25, -0.2) is 9.18 Å². The average Bonchev–Trinajstić information content (AvgIpc) is 2.83. The van der Waals surface area contributed by atoms with Crippen LogP contribution in [-0.2, 0) is 9.53 Å². The van der Waals surface area contributed by atoms with Crippen LogP contribution in [0.3, 0.4) is 0 Å². The van der Waals surface area contributed by atoms with Crippen LogP contribution in [0.4, 0.5) is 4.39 Å². The molecule has 1 amide bonds. The maximum atomic E-state index is 13.3. The van der Waals surface area contributed by atoms with Gasteiger partial charge < -0.3 is 14.7 Å². The first-order chi connectivity index (χ1) is 10.5. The van der Waals surface area contributed by atoms with Crippen LogP contribution in [0.25, 0.3) is 10.1 Å². The summed E-state index contributed by atoms with van der Waals surface area (Å²) in [5.74, 6) is -1.65. The van der Waals surface area contributed by atoms with Crippen molar-refractivity contribution in [2.45, 2.75) is 13.0 Å². The average molecular weight is 323 g/mol. The first-order valence-electron chi connectivity index (χ1n) is 6.79. The lowest BCUT2D eigenvalue weighted by atomic mass is 10.1. The number of aryl methyl sites for hydroxylation is 1. The van der Waals surface area contributed by atoms with Gasteiger partial charge in [0.05, 0.1) is 18.0 Å². The minimum absolute atomic E-state index is 0.0240. The molecule has 1 aliphatic heterocycles. The number of rotatable bonds is 2. The quantitative estimate of drug-likeness (QED) is 0.921. The lowest BCUT2D eigenvalue weighted by Crippen LogP contribution is -2.48. The molecule has 0 radical (unpaired) electrons. The molecule has 116 valence electrons. The molecule has 1 aromatic heterocycles. The Balaban J connectivity index is 1.92. The molecule has 22 heavy (non-hydrogen) atoms. The number of carboxylic acid groups (broad SMARTS) is 1. The number of benzene rings is 1. The first-order valence-corrected chi connectivity index (χ1v) is 7.61. The van der Waals surface area contributed by atoms with Gasteiger partial charge in [-0.2, -0.15) is 0 Å². The number of thiophene rings is 1. The van der Waals surface area contributed by atoms with Crippen LogP contribution in [0, 0.1) is 12.7 Å². The van der Waals surface area contributed by atoms with E-state index < -0.39 is 12.1 Å². The maximum absolute atomic E-state index is 13.3. The monoisotopic (exact) mass is 323 g/mol. The van der Waals surface area contributed by atoms with Crippen LogP contribution in [-0.4, -0.2) is 47.7 Å². The zero-order chi connectivity index (χ0) is 15.9. The summed E-state index contributed by atoms with van der Waals surface area (Å²) in [5.41, 5.74) is 0.725. The van der Waals surface area contributed by atoms with Crippen molar-refractivity contribution in [1.82, 2.24) is 4.90 Å². The number of amides is 1. The number of hydrogen-bond donors (Lipinski definition) is 1. The van der Waals surface area contributed by atoms with Crippen molar-refractivity contribution in [2.24, 2.45) is 0 Å². The van der Waals surface area contributed by atoms with Crippen LogP contribution in [0.5, 0.6) is 0 Å². The van der Waals surface area contributed by atoms with Crippen molar-refractivity contribution in [3.63, 3.8) is 0 Å². The van der Waals surface area contributed by atoms with E-state index in [2.05, 4.69) is 0 Å². The van der Waals surface area contributed by atoms with Gasteiger partial charge >= 0.3 is 5.97 Å². The third kappa shape index (κ3) is 2.57. The van der Waals surface area contributed by atoms with E-state index in [9.17, 15) is 14.0 Å². The van der Waals surface area contributed by atoms with E-state index in [1.54, 1.807) is 13.0 Å². The van der Waals surface area contributed by atoms with E-state index in [1.807, 2.05) is 0 Å². The number of halogens is 1. The molecular formula is C15H14FNO4S. The number of aliphatic carboxylic acids is 1. The molecule has 1 N–H and O–H groups in total. The fraction of sp³-hybridized carbons (Fsp3) is 0.333. The van der Waals surface area contributed by atoms with Crippen molar-refractivity contribution in [1.29, 1.82) is 0 Å². The van der Waals surface area contributed by atoms with Crippen LogP contribution < -0.4 is 0 Å². The molecule has 1 fully saturated rings. The van der Waals surface area contributed by atoms with Gasteiger partial charge in [-0.05, 0) is 36.1 Å². The van der Waals surface area contributed by atoms with Gasteiger partial charge in [-0.15, -0.1) is 11.3 Å². The molecule has 1 aromatic carbocycles. The lowest BCUT2D eigenvalue weighted by molar-refractivity contribution is -0.154. The number of carbonyl (C=O) groups excluding carboxylic acids is 1. The molecule has 1 atom stereocenters. The van der Waals surface area contributed by atoms with Crippen molar-refractivity contribution in [2.75, 3.05) is 19.7 Å². The topological polar surface area (TPSA) is 66.8 Å². The van der Waals surface area contributed by atoms with Crippen molar-refractivity contribution in [3.05, 3.63) is 34.5 Å². The number of carboxylic acids is 1. The molecule has 3 rings (SSSR count). The van der Waals surface area contributed by atoms with Gasteiger partial charge in [0, 0.05) is 11.2 Å². The van der Waals surface area contributed by atoms with Crippen LogP contribution >= 0.6 is 11.3 Å². The predicted octanol–water partition coefficient (Wildman–Crippen LogP) is 2.27. The number of carbonyl (C=O) groups is 2. The third-order valence-corrected chi connectivity index (χ3v) is 4.98. The number of fused-ring (bicyclic) bond motifs is 1. The Morgan fingerprint density at radius 3 is 2.95 bits per heavy atom. The minimum Gasteiger partial charge on any atom is -0.479 e. The molecule has 2 heterocycles. The Morgan fingerprint density at radius 1 is 1.45 bits per heavy atom. The van der Waals surface area contributed by atoms with Crippen molar-refractivity contribution in [3.8, 4) is 0 Å². The molecule has 0 unspecified atom stereocenters. The van der Waals surface area contributed by atoms with E-state index in [4.69, 9.17) is 9.84 Å². The molecule has 2 aromatic rings. The number of morpholine rings is 1. The Labute approximate surface area is 129 Å². The Kier molecular flexibility index (Phi) is 3.84. The standard InChI is InChI=1S/C15H14FNO4S/c1-8-10-6-9(16)2-3-12(10)22-13(8)14(18)17-4-5-21-11(7-17)15(19)20/h2-3,6,11H,4-5,7H2,1H3,(H,19,20)/t11-/m1/s1. The summed E-state index contributed by atoms with van der Waals surface area (Å²) in [6.45, 7) is 2.35. The van der Waals surface area contributed by atoms with Gasteiger partial charge in [0.15, 0.2) is 6.10 Å². The highest BCUT2D eigenvalue weighted by Crippen LogP contribution is 2.32. The van der Waals surface area contributed by atoms with Crippen LogP contribution in [0.1, 0.15) is 15.2 Å². The first kappa shape index (κ1) is 14.9. The lowest BCUT2D eigenvalue weighted by Gasteiger charge is -2.30.